The molecule has 3 aromatic rings. The Morgan fingerprint density at radius 2 is 1.82 bits per heavy atom. The highest BCUT2D eigenvalue weighted by molar-refractivity contribution is 9.10. The van der Waals surface area contributed by atoms with Gasteiger partial charge in [0.05, 0.1) is 28.0 Å². The summed E-state index contributed by atoms with van der Waals surface area (Å²) in [7, 11) is 0. The summed E-state index contributed by atoms with van der Waals surface area (Å²) in [5.41, 5.74) is 3.85. The summed E-state index contributed by atoms with van der Waals surface area (Å²) in [5, 5.41) is 6.55. The summed E-state index contributed by atoms with van der Waals surface area (Å²) < 4.78 is 25.2. The lowest BCUT2D eigenvalue weighted by atomic mass is 10.2. The summed E-state index contributed by atoms with van der Waals surface area (Å²) in [6, 6.07) is 15.9. The number of hydrogen-bond donors (Lipinski definition) is 2. The summed E-state index contributed by atoms with van der Waals surface area (Å²) in [6.07, 6.45) is 1.36. The largest absolute Gasteiger partial charge is 0.490 e. The maximum Gasteiger partial charge on any atom is 0.329 e. The Bertz CT molecular complexity index is 1210. The fourth-order valence-corrected chi connectivity index (χ4v) is 3.52. The average Bonchev–Trinajstić information content (AvgIpc) is 2.81. The van der Waals surface area contributed by atoms with Gasteiger partial charge in [-0.2, -0.15) is 5.10 Å². The summed E-state index contributed by atoms with van der Waals surface area (Å²) >= 11 is 9.42. The predicted octanol–water partition coefficient (Wildman–Crippen LogP) is 5.31. The van der Waals surface area contributed by atoms with Gasteiger partial charge in [-0.25, -0.2) is 9.82 Å². The van der Waals surface area contributed by atoms with E-state index in [1.54, 1.807) is 48.5 Å². The van der Waals surface area contributed by atoms with Crippen LogP contribution in [0, 0.1) is 5.82 Å². The van der Waals surface area contributed by atoms with E-state index < -0.39 is 11.8 Å². The standard InChI is InChI=1S/C24H20BrClFN3O4/c1-2-33-21-12-16(11-18(25)22(21)34-14-15-7-9-17(27)10-8-15)13-28-30-24(32)23(31)29-20-6-4-3-5-19(20)26/h3-13H,2,14H2,1H3,(H,29,31)(H,30,32)/b28-13+. The van der Waals surface area contributed by atoms with Gasteiger partial charge < -0.3 is 14.8 Å². The van der Waals surface area contributed by atoms with Crippen LogP contribution in [0.3, 0.4) is 0 Å². The van der Waals surface area contributed by atoms with Crippen LogP contribution in [0.1, 0.15) is 18.1 Å². The van der Waals surface area contributed by atoms with E-state index in [1.165, 1.54) is 18.3 Å². The zero-order chi connectivity index (χ0) is 24.5. The molecule has 0 aliphatic carbocycles. The molecule has 0 aliphatic rings. The Morgan fingerprint density at radius 1 is 1.09 bits per heavy atom. The van der Waals surface area contributed by atoms with Crippen molar-refractivity contribution in [3.63, 3.8) is 0 Å². The van der Waals surface area contributed by atoms with Crippen LogP contribution in [-0.4, -0.2) is 24.6 Å². The van der Waals surface area contributed by atoms with Gasteiger partial charge in [0.1, 0.15) is 12.4 Å². The summed E-state index contributed by atoms with van der Waals surface area (Å²) in [6.45, 7) is 2.43. The second-order valence-electron chi connectivity index (χ2n) is 6.81. The number of anilines is 1. The molecule has 0 atom stereocenters. The van der Waals surface area contributed by atoms with E-state index >= 15 is 0 Å². The van der Waals surface area contributed by atoms with E-state index in [4.69, 9.17) is 21.1 Å². The van der Waals surface area contributed by atoms with Gasteiger partial charge in [-0.15, -0.1) is 0 Å². The molecule has 176 valence electrons. The first kappa shape index (κ1) is 25.2. The molecule has 2 N–H and O–H groups in total. The van der Waals surface area contributed by atoms with E-state index in [1.807, 2.05) is 6.92 Å². The van der Waals surface area contributed by atoms with E-state index in [-0.39, 0.29) is 12.4 Å². The van der Waals surface area contributed by atoms with Crippen LogP contribution in [0.4, 0.5) is 10.1 Å². The molecule has 0 fully saturated rings. The number of para-hydroxylation sites is 1. The number of nitrogens with one attached hydrogen (secondary N) is 2. The molecule has 0 radical (unpaired) electrons. The fourth-order valence-electron chi connectivity index (χ4n) is 2.76. The summed E-state index contributed by atoms with van der Waals surface area (Å²) in [4.78, 5) is 24.1. The number of carbonyl (C=O) groups excluding carboxylic acids is 2. The van der Waals surface area contributed by atoms with E-state index in [0.29, 0.717) is 38.9 Å². The Kier molecular flexibility index (Phi) is 9.00. The van der Waals surface area contributed by atoms with Crippen LogP contribution < -0.4 is 20.2 Å². The molecule has 0 spiro atoms. The number of benzene rings is 3. The van der Waals surface area contributed by atoms with Gasteiger partial charge in [-0.05, 0) is 70.4 Å². The van der Waals surface area contributed by atoms with Crippen molar-refractivity contribution in [2.75, 3.05) is 11.9 Å². The zero-order valence-corrected chi connectivity index (χ0v) is 20.3. The second kappa shape index (κ2) is 12.2. The maximum atomic E-state index is 13.1. The van der Waals surface area contributed by atoms with Crippen molar-refractivity contribution >= 4 is 51.2 Å². The Hall–Kier alpha value is -3.43. The molecule has 0 saturated heterocycles. The second-order valence-corrected chi connectivity index (χ2v) is 8.07. The summed E-state index contributed by atoms with van der Waals surface area (Å²) in [5.74, 6) is -1.28. The minimum atomic E-state index is -0.959. The van der Waals surface area contributed by atoms with Crippen molar-refractivity contribution < 1.29 is 23.5 Å². The number of ether oxygens (including phenoxy) is 2. The quantitative estimate of drug-likeness (QED) is 0.227. The first-order chi connectivity index (χ1) is 16.4. The molecular formula is C24H20BrClFN3O4. The highest BCUT2D eigenvalue weighted by Crippen LogP contribution is 2.37. The molecule has 2 amide bonds. The van der Waals surface area contributed by atoms with Crippen molar-refractivity contribution in [3.8, 4) is 11.5 Å². The van der Waals surface area contributed by atoms with Gasteiger partial charge in [-0.1, -0.05) is 35.9 Å². The average molecular weight is 549 g/mol. The maximum absolute atomic E-state index is 13.1. The third-order valence-corrected chi connectivity index (χ3v) is 5.25. The third kappa shape index (κ3) is 7.03. The van der Waals surface area contributed by atoms with E-state index in [0.717, 1.165) is 5.56 Å². The third-order valence-electron chi connectivity index (χ3n) is 4.34. The van der Waals surface area contributed by atoms with Crippen LogP contribution in [0.15, 0.2) is 70.2 Å². The van der Waals surface area contributed by atoms with E-state index in [2.05, 4.69) is 31.8 Å². The van der Waals surface area contributed by atoms with Gasteiger partial charge >= 0.3 is 11.8 Å². The normalized spacial score (nSPS) is 10.7. The highest BCUT2D eigenvalue weighted by Gasteiger charge is 2.15. The molecule has 0 bridgehead atoms. The molecule has 10 heteroatoms. The molecular weight excluding hydrogens is 529 g/mol. The molecule has 34 heavy (non-hydrogen) atoms. The number of rotatable bonds is 8. The van der Waals surface area contributed by atoms with Gasteiger partial charge in [0.25, 0.3) is 0 Å². The van der Waals surface area contributed by atoms with Crippen LogP contribution in [0.5, 0.6) is 11.5 Å². The van der Waals surface area contributed by atoms with Gasteiger partial charge in [-0.3, -0.25) is 9.59 Å². The molecule has 0 aromatic heterocycles. The predicted molar refractivity (Wildman–Crippen MR) is 132 cm³/mol. The lowest BCUT2D eigenvalue weighted by Crippen LogP contribution is -2.32. The first-order valence-corrected chi connectivity index (χ1v) is 11.3. The number of amides is 2. The van der Waals surface area contributed by atoms with Gasteiger partial charge in [0.2, 0.25) is 0 Å². The van der Waals surface area contributed by atoms with Crippen LogP contribution in [0.2, 0.25) is 5.02 Å². The van der Waals surface area contributed by atoms with Gasteiger partial charge in [0.15, 0.2) is 11.5 Å². The zero-order valence-electron chi connectivity index (χ0n) is 18.0. The van der Waals surface area contributed by atoms with Crippen molar-refractivity contribution in [3.05, 3.63) is 87.1 Å². The topological polar surface area (TPSA) is 89.0 Å². The number of hydrogen-bond acceptors (Lipinski definition) is 5. The van der Waals surface area contributed by atoms with Crippen LogP contribution >= 0.6 is 27.5 Å². The number of halogens is 3. The Labute approximate surface area is 209 Å². The molecule has 0 aliphatic heterocycles. The Morgan fingerprint density at radius 3 is 2.53 bits per heavy atom. The van der Waals surface area contributed by atoms with Crippen LogP contribution in [0.25, 0.3) is 0 Å². The van der Waals surface area contributed by atoms with Crippen molar-refractivity contribution in [1.29, 1.82) is 0 Å². The molecule has 0 saturated carbocycles. The highest BCUT2D eigenvalue weighted by atomic mass is 79.9. The minimum Gasteiger partial charge on any atom is -0.490 e. The van der Waals surface area contributed by atoms with Gasteiger partial charge in [0, 0.05) is 0 Å². The van der Waals surface area contributed by atoms with Crippen molar-refractivity contribution in [2.24, 2.45) is 5.10 Å². The fraction of sp³-hybridized carbons (Fsp3) is 0.125. The van der Waals surface area contributed by atoms with Crippen LogP contribution in [-0.2, 0) is 16.2 Å². The molecule has 0 heterocycles. The Balaban J connectivity index is 1.65. The first-order valence-electron chi connectivity index (χ1n) is 10.1. The SMILES string of the molecule is CCOc1cc(/C=N/NC(=O)C(=O)Nc2ccccc2Cl)cc(Br)c1OCc1ccc(F)cc1. The van der Waals surface area contributed by atoms with Crippen molar-refractivity contribution in [2.45, 2.75) is 13.5 Å². The number of carbonyl (C=O) groups is 2. The molecule has 7 nitrogen and oxygen atoms in total. The molecule has 3 aromatic carbocycles. The van der Waals surface area contributed by atoms with Crippen molar-refractivity contribution in [1.82, 2.24) is 5.43 Å². The monoisotopic (exact) mass is 547 g/mol. The smallest absolute Gasteiger partial charge is 0.329 e. The molecule has 0 unspecified atom stereocenters. The number of hydrazone groups is 1. The van der Waals surface area contributed by atoms with E-state index in [9.17, 15) is 14.0 Å². The minimum absolute atomic E-state index is 0.211. The number of nitrogens with zero attached hydrogens (tertiary/aromatic N) is 1. The lowest BCUT2D eigenvalue weighted by Gasteiger charge is -2.14. The molecule has 3 rings (SSSR count). The lowest BCUT2D eigenvalue weighted by molar-refractivity contribution is -0.136.